The summed E-state index contributed by atoms with van der Waals surface area (Å²) in [6.45, 7) is 1.26. The van der Waals surface area contributed by atoms with E-state index in [1.807, 2.05) is 0 Å². The molecule has 3 rings (SSSR count). The number of pyridine rings is 1. The van der Waals surface area contributed by atoms with Gasteiger partial charge in [-0.2, -0.15) is 0 Å². The monoisotopic (exact) mass is 391 g/mol. The van der Waals surface area contributed by atoms with Crippen molar-refractivity contribution in [2.45, 2.75) is 6.42 Å². The molecule has 1 amide bonds. The smallest absolute Gasteiger partial charge is 0.255 e. The topological polar surface area (TPSA) is 97.8 Å². The lowest BCUT2D eigenvalue weighted by molar-refractivity contribution is 0.102. The molecule has 0 fully saturated rings. The average Bonchev–Trinajstić information content (AvgIpc) is 3.07. The molecular formula is C18H21N3O5S. The Kier molecular flexibility index (Phi) is 5.62. The molecular weight excluding hydrogens is 370 g/mol. The van der Waals surface area contributed by atoms with E-state index >= 15 is 0 Å². The molecule has 0 atom stereocenters. The number of nitrogens with one attached hydrogen (secondary N) is 1. The van der Waals surface area contributed by atoms with E-state index in [4.69, 9.17) is 9.47 Å². The number of hydrogen-bond acceptors (Lipinski definition) is 6. The maximum atomic E-state index is 12.5. The van der Waals surface area contributed by atoms with Crippen molar-refractivity contribution in [3.05, 3.63) is 47.7 Å². The van der Waals surface area contributed by atoms with Gasteiger partial charge in [0, 0.05) is 25.3 Å². The van der Waals surface area contributed by atoms with Gasteiger partial charge in [0.2, 0.25) is 15.9 Å². The van der Waals surface area contributed by atoms with Crippen molar-refractivity contribution in [2.75, 3.05) is 42.7 Å². The molecule has 0 saturated carbocycles. The van der Waals surface area contributed by atoms with Crippen LogP contribution >= 0.6 is 0 Å². The molecule has 0 spiro atoms. The fourth-order valence-corrected chi connectivity index (χ4v) is 3.79. The number of ether oxygens (including phenoxy) is 2. The molecule has 0 saturated heterocycles. The van der Waals surface area contributed by atoms with Gasteiger partial charge in [-0.3, -0.25) is 9.10 Å². The zero-order valence-corrected chi connectivity index (χ0v) is 16.0. The lowest BCUT2D eigenvalue weighted by Gasteiger charge is -2.16. The largest absolute Gasteiger partial charge is 0.475 e. The Balaban J connectivity index is 1.67. The molecule has 8 nitrogen and oxygen atoms in total. The van der Waals surface area contributed by atoms with Crippen LogP contribution in [0.15, 0.2) is 36.5 Å². The Morgan fingerprint density at radius 3 is 2.74 bits per heavy atom. The highest BCUT2D eigenvalue weighted by Gasteiger charge is 2.26. The highest BCUT2D eigenvalue weighted by atomic mass is 32.2. The van der Waals surface area contributed by atoms with Crippen LogP contribution in [-0.2, 0) is 21.2 Å². The summed E-state index contributed by atoms with van der Waals surface area (Å²) in [6.07, 6.45) is 3.27. The quantitative estimate of drug-likeness (QED) is 0.721. The van der Waals surface area contributed by atoms with Gasteiger partial charge in [0.05, 0.1) is 30.4 Å². The third-order valence-electron chi connectivity index (χ3n) is 4.13. The van der Waals surface area contributed by atoms with Crippen LogP contribution in [0.2, 0.25) is 0 Å². The van der Waals surface area contributed by atoms with Crippen LogP contribution in [0.25, 0.3) is 0 Å². The number of hydrogen-bond donors (Lipinski definition) is 1. The molecule has 1 aliphatic rings. The summed E-state index contributed by atoms with van der Waals surface area (Å²) in [5, 5.41) is 2.77. The summed E-state index contributed by atoms with van der Waals surface area (Å²) in [4.78, 5) is 16.6. The van der Waals surface area contributed by atoms with Crippen molar-refractivity contribution < 1.29 is 22.7 Å². The second kappa shape index (κ2) is 7.93. The standard InChI is InChI=1S/C18H21N3O5S/c1-25-9-10-26-17-6-4-15(12-19-17)20-18(22)14-3-5-16-13(11-14)7-8-21(16)27(2,23)24/h3-6,11-12H,7-10H2,1-2H3,(H,20,22). The SMILES string of the molecule is COCCOc1ccc(NC(=O)c2ccc3c(c2)CCN3S(C)(=O)=O)cn1. The predicted octanol–water partition coefficient (Wildman–Crippen LogP) is 1.68. The van der Waals surface area contributed by atoms with Crippen molar-refractivity contribution in [3.8, 4) is 5.88 Å². The number of fused-ring (bicyclic) bond motifs is 1. The first-order valence-corrected chi connectivity index (χ1v) is 10.2. The zero-order chi connectivity index (χ0) is 19.4. The molecule has 144 valence electrons. The number of anilines is 2. The number of carbonyl (C=O) groups excluding carboxylic acids is 1. The molecule has 0 bridgehead atoms. The fraction of sp³-hybridized carbons (Fsp3) is 0.333. The second-order valence-electron chi connectivity index (χ2n) is 6.11. The first-order chi connectivity index (χ1) is 12.9. The van der Waals surface area contributed by atoms with E-state index in [9.17, 15) is 13.2 Å². The maximum absolute atomic E-state index is 12.5. The number of aromatic nitrogens is 1. The van der Waals surface area contributed by atoms with E-state index in [0.717, 1.165) is 5.56 Å². The number of carbonyl (C=O) groups is 1. The predicted molar refractivity (Wildman–Crippen MR) is 102 cm³/mol. The molecule has 0 unspecified atom stereocenters. The molecule has 9 heteroatoms. The number of nitrogens with zero attached hydrogens (tertiary/aromatic N) is 2. The number of rotatable bonds is 7. The molecule has 0 aliphatic carbocycles. The van der Waals surface area contributed by atoms with Gasteiger partial charge in [-0.25, -0.2) is 13.4 Å². The van der Waals surface area contributed by atoms with E-state index in [2.05, 4.69) is 10.3 Å². The Morgan fingerprint density at radius 1 is 1.26 bits per heavy atom. The minimum atomic E-state index is -3.31. The molecule has 1 aliphatic heterocycles. The Bertz CT molecular complexity index is 929. The minimum Gasteiger partial charge on any atom is -0.475 e. The van der Waals surface area contributed by atoms with Gasteiger partial charge in [-0.1, -0.05) is 0 Å². The second-order valence-corrected chi connectivity index (χ2v) is 8.02. The van der Waals surface area contributed by atoms with Gasteiger partial charge in [-0.15, -0.1) is 0 Å². The van der Waals surface area contributed by atoms with Crippen molar-refractivity contribution in [2.24, 2.45) is 0 Å². The first kappa shape index (κ1) is 19.1. The highest BCUT2D eigenvalue weighted by Crippen LogP contribution is 2.30. The molecule has 1 N–H and O–H groups in total. The average molecular weight is 391 g/mol. The van der Waals surface area contributed by atoms with Crippen LogP contribution in [0, 0.1) is 0 Å². The van der Waals surface area contributed by atoms with E-state index in [0.29, 0.717) is 49.0 Å². The number of methoxy groups -OCH3 is 1. The lowest BCUT2D eigenvalue weighted by atomic mass is 10.1. The van der Waals surface area contributed by atoms with E-state index in [1.165, 1.54) is 16.8 Å². The summed E-state index contributed by atoms with van der Waals surface area (Å²) in [7, 11) is -1.72. The summed E-state index contributed by atoms with van der Waals surface area (Å²) < 4.78 is 35.2. The number of amides is 1. The van der Waals surface area contributed by atoms with Gasteiger partial charge in [-0.05, 0) is 36.2 Å². The molecule has 2 heterocycles. The molecule has 1 aromatic carbocycles. The van der Waals surface area contributed by atoms with Gasteiger partial charge in [0.1, 0.15) is 6.61 Å². The van der Waals surface area contributed by atoms with Crippen LogP contribution < -0.4 is 14.4 Å². The van der Waals surface area contributed by atoms with Crippen molar-refractivity contribution in [1.82, 2.24) is 4.98 Å². The van der Waals surface area contributed by atoms with E-state index < -0.39 is 10.0 Å². The Morgan fingerprint density at radius 2 is 2.07 bits per heavy atom. The first-order valence-electron chi connectivity index (χ1n) is 8.38. The number of benzene rings is 1. The van der Waals surface area contributed by atoms with Crippen LogP contribution in [0.5, 0.6) is 5.88 Å². The van der Waals surface area contributed by atoms with E-state index in [-0.39, 0.29) is 5.91 Å². The summed E-state index contributed by atoms with van der Waals surface area (Å²) >= 11 is 0. The highest BCUT2D eigenvalue weighted by molar-refractivity contribution is 7.92. The fourth-order valence-electron chi connectivity index (χ4n) is 2.83. The van der Waals surface area contributed by atoms with Crippen molar-refractivity contribution in [1.29, 1.82) is 0 Å². The van der Waals surface area contributed by atoms with Crippen molar-refractivity contribution in [3.63, 3.8) is 0 Å². The summed E-state index contributed by atoms with van der Waals surface area (Å²) in [6, 6.07) is 8.38. The molecule has 0 radical (unpaired) electrons. The minimum absolute atomic E-state index is 0.287. The third-order valence-corrected chi connectivity index (χ3v) is 5.31. The summed E-state index contributed by atoms with van der Waals surface area (Å²) in [5.41, 5.74) is 2.48. The summed E-state index contributed by atoms with van der Waals surface area (Å²) in [5.74, 6) is 0.161. The van der Waals surface area contributed by atoms with E-state index in [1.54, 1.807) is 37.4 Å². The zero-order valence-electron chi connectivity index (χ0n) is 15.1. The van der Waals surface area contributed by atoms with Gasteiger partial charge in [0.15, 0.2) is 0 Å². The number of sulfonamides is 1. The molecule has 2 aromatic rings. The maximum Gasteiger partial charge on any atom is 0.255 e. The van der Waals surface area contributed by atoms with Crippen LogP contribution in [0.4, 0.5) is 11.4 Å². The third kappa shape index (κ3) is 4.55. The molecule has 27 heavy (non-hydrogen) atoms. The van der Waals surface area contributed by atoms with Crippen LogP contribution in [-0.4, -0.2) is 52.4 Å². The molecule has 1 aromatic heterocycles. The van der Waals surface area contributed by atoms with Crippen LogP contribution in [0.3, 0.4) is 0 Å². The van der Waals surface area contributed by atoms with Gasteiger partial charge < -0.3 is 14.8 Å². The Hall–Kier alpha value is -2.65. The van der Waals surface area contributed by atoms with Crippen LogP contribution in [0.1, 0.15) is 15.9 Å². The van der Waals surface area contributed by atoms with Gasteiger partial charge in [0.25, 0.3) is 5.91 Å². The van der Waals surface area contributed by atoms with Crippen molar-refractivity contribution >= 4 is 27.3 Å². The Labute approximate surface area is 158 Å². The lowest BCUT2D eigenvalue weighted by Crippen LogP contribution is -2.27. The van der Waals surface area contributed by atoms with Gasteiger partial charge >= 0.3 is 0 Å². The normalized spacial score (nSPS) is 13.3.